The Hall–Kier alpha value is -2.92. The molecule has 0 saturated carbocycles. The number of esters is 2. The fourth-order valence-corrected chi connectivity index (χ4v) is 5.66. The minimum Gasteiger partial charge on any atom is -0.875 e. The van der Waals surface area contributed by atoms with Crippen molar-refractivity contribution in [1.82, 2.24) is 0 Å². The quantitative estimate of drug-likeness (QED) is 0.113. The van der Waals surface area contributed by atoms with Gasteiger partial charge in [-0.25, -0.2) is 0 Å². The Bertz CT molecular complexity index is 1310. The Morgan fingerprint density at radius 3 is 1.81 bits per heavy atom. The number of rotatable bonds is 11. The Balaban J connectivity index is 0. The van der Waals surface area contributed by atoms with Gasteiger partial charge in [0.05, 0.1) is 20.1 Å². The van der Waals surface area contributed by atoms with E-state index in [1.807, 2.05) is 49.0 Å². The van der Waals surface area contributed by atoms with Crippen molar-refractivity contribution in [3.05, 3.63) is 83.6 Å². The molecule has 0 radical (unpaired) electrons. The maximum atomic E-state index is 11.9. The van der Waals surface area contributed by atoms with Crippen LogP contribution < -0.4 is 34.7 Å². The fourth-order valence-electron chi connectivity index (χ4n) is 3.86. The Morgan fingerprint density at radius 2 is 1.40 bits per heavy atom. The molecule has 9 nitrogen and oxygen atoms in total. The van der Waals surface area contributed by atoms with Crippen molar-refractivity contribution in [1.29, 1.82) is 0 Å². The summed E-state index contributed by atoms with van der Waals surface area (Å²) in [5, 5.41) is 11.9. The van der Waals surface area contributed by atoms with E-state index in [0.717, 1.165) is 28.9 Å². The summed E-state index contributed by atoms with van der Waals surface area (Å²) < 4.78 is 8.97. The number of aryl methyl sites for hydroxylation is 2. The fraction of sp³-hybridized carbons (Fsp3) is 0.400. The predicted molar refractivity (Wildman–Crippen MR) is 177 cm³/mol. The summed E-state index contributed by atoms with van der Waals surface area (Å²) in [5.41, 5.74) is 2.49. The smallest absolute Gasteiger partial charge is 0.875 e. The van der Waals surface area contributed by atoms with E-state index in [-0.39, 0.29) is 65.6 Å². The van der Waals surface area contributed by atoms with Crippen LogP contribution in [-0.4, -0.2) is 55.4 Å². The maximum absolute atomic E-state index is 11.9. The minimum absolute atomic E-state index is 0. The van der Waals surface area contributed by atoms with Crippen LogP contribution in [0.4, 0.5) is 0 Å². The zero-order valence-electron chi connectivity index (χ0n) is 28.2. The zero-order chi connectivity index (χ0) is 34.9. The van der Waals surface area contributed by atoms with Gasteiger partial charge in [0, 0.05) is 28.4 Å². The van der Waals surface area contributed by atoms with Crippen LogP contribution >= 0.6 is 23.5 Å². The molecule has 1 aliphatic rings. The number of ether oxygens (including phenoxy) is 2. The summed E-state index contributed by atoms with van der Waals surface area (Å²) in [5.74, 6) is -0.528. The van der Waals surface area contributed by atoms with Crippen molar-refractivity contribution < 1.29 is 72.9 Å². The van der Waals surface area contributed by atoms with Crippen molar-refractivity contribution in [3.63, 3.8) is 0 Å². The normalized spacial score (nSPS) is 14.6. The van der Waals surface area contributed by atoms with Crippen molar-refractivity contribution in [2.45, 2.75) is 63.2 Å². The molecule has 0 amide bonds. The molecule has 250 valence electrons. The van der Waals surface area contributed by atoms with Gasteiger partial charge in [-0.3, -0.25) is 19.2 Å². The Kier molecular flexibility index (Phi) is 27.6. The average Bonchev–Trinajstić information content (AvgIpc) is 3.02. The molecular weight excluding hydrogens is 652 g/mol. The topological polar surface area (TPSA) is 144 Å². The number of hydrogen-bond donors (Lipinski definition) is 0. The molecule has 0 spiro atoms. The van der Waals surface area contributed by atoms with Gasteiger partial charge in [-0.15, -0.1) is 29.3 Å². The van der Waals surface area contributed by atoms with Crippen molar-refractivity contribution in [2.24, 2.45) is 11.8 Å². The van der Waals surface area contributed by atoms with E-state index in [2.05, 4.69) is 35.9 Å². The summed E-state index contributed by atoms with van der Waals surface area (Å²) >= 11 is 3.48. The molecule has 0 aromatic heterocycles. The molecule has 0 bridgehead atoms. The first-order valence-corrected chi connectivity index (χ1v) is 16.5. The maximum Gasteiger partial charge on any atom is 1.00 e. The van der Waals surface area contributed by atoms with Crippen molar-refractivity contribution in [2.75, 3.05) is 25.7 Å². The molecule has 2 aromatic carbocycles. The average molecular weight is 695 g/mol. The molecule has 0 N–H and O–H groups in total. The van der Waals surface area contributed by atoms with E-state index in [0.29, 0.717) is 12.8 Å². The second kappa shape index (κ2) is 28.1. The number of carbonyl (C=O) groups excluding carboxylic acids is 6. The van der Waals surface area contributed by atoms with Gasteiger partial charge < -0.3 is 14.6 Å². The molecule has 3 rings (SSSR count). The summed E-state index contributed by atoms with van der Waals surface area (Å²) in [4.78, 5) is 62.6. The Labute approximate surface area is 308 Å². The van der Waals surface area contributed by atoms with Crippen LogP contribution in [0.15, 0.2) is 82.3 Å². The minimum atomic E-state index is -0.832. The molecule has 2 unspecified atom stereocenters. The van der Waals surface area contributed by atoms with Crippen LogP contribution in [0.3, 0.4) is 0 Å². The van der Waals surface area contributed by atoms with Crippen molar-refractivity contribution in [3.8, 4) is 0 Å². The summed E-state index contributed by atoms with van der Waals surface area (Å²) in [7, 11) is 2.65. The van der Waals surface area contributed by atoms with Gasteiger partial charge in [0.15, 0.2) is 11.6 Å². The summed E-state index contributed by atoms with van der Waals surface area (Å²) in [6.07, 6.45) is 7.13. The largest absolute Gasteiger partial charge is 1.00 e. The number of methoxy groups -OCH3 is 2. The third kappa shape index (κ3) is 22.3. The second-order valence-electron chi connectivity index (χ2n) is 9.90. The monoisotopic (exact) mass is 694 g/mol. The van der Waals surface area contributed by atoms with Gasteiger partial charge in [0.2, 0.25) is 0 Å². The number of thioether (sulfide) groups is 2. The first-order valence-electron chi connectivity index (χ1n) is 14.5. The molecule has 2 aromatic rings. The third-order valence-corrected chi connectivity index (χ3v) is 8.31. The molecule has 0 heterocycles. The predicted octanol–water partition coefficient (Wildman–Crippen LogP) is 2.71. The van der Waals surface area contributed by atoms with E-state index in [4.69, 9.17) is 14.3 Å². The molecule has 0 aliphatic heterocycles. The van der Waals surface area contributed by atoms with Gasteiger partial charge in [0.1, 0.15) is 0 Å². The van der Waals surface area contributed by atoms with Gasteiger partial charge in [-0.05, 0) is 81.7 Å². The first-order chi connectivity index (χ1) is 21.9. The zero-order valence-corrected chi connectivity index (χ0v) is 31.9. The van der Waals surface area contributed by atoms with Crippen LogP contribution in [0.5, 0.6) is 0 Å². The van der Waals surface area contributed by atoms with Gasteiger partial charge in [-0.1, -0.05) is 48.4 Å². The van der Waals surface area contributed by atoms with E-state index < -0.39 is 17.6 Å². The van der Waals surface area contributed by atoms with E-state index in [1.54, 1.807) is 31.7 Å². The van der Waals surface area contributed by atoms with E-state index in [1.165, 1.54) is 30.2 Å². The molecule has 12 heteroatoms. The molecule has 0 saturated heterocycles. The van der Waals surface area contributed by atoms with Gasteiger partial charge >= 0.3 is 47.6 Å². The van der Waals surface area contributed by atoms with E-state index in [9.17, 15) is 24.3 Å². The molecule has 47 heavy (non-hydrogen) atoms. The SMILES string of the molecule is CC(=O)/C=C/CCSc1ccc(C)cc1.CCC(=O)OC.COC(=O)C1C([O-])=CC(=O)CC1CCSc1ccc(C)cc1.O=C=O.[Na+]. The first kappa shape index (κ1) is 46.2. The van der Waals surface area contributed by atoms with Crippen LogP contribution in [0, 0.1) is 25.7 Å². The standard InChI is InChI=1S/C17H20O4S.C13H16OS.C4H8O2.CO2.Na/c1-11-3-5-14(6-4-11)22-8-7-12-9-13(18)10-15(19)16(12)17(20)21-2;1-11-6-8-13(9-7-11)15-10-4-3-5-12(2)14;1-3-4(5)6-2;2-1-3;/h3-6,10,12,16,19H,7-9H2,1-2H3;3,5-9H,4,10H2,1-2H3;3H2,1-2H3;;/q;;;;+1/p-1/b;5-3+;;;. The number of carbonyl (C=O) groups is 4. The molecular formula is C35H43NaO9S2. The van der Waals surface area contributed by atoms with Crippen LogP contribution in [0.25, 0.3) is 0 Å². The van der Waals surface area contributed by atoms with E-state index >= 15 is 0 Å². The molecule has 2 atom stereocenters. The van der Waals surface area contributed by atoms with Crippen LogP contribution in [-0.2, 0) is 38.2 Å². The van der Waals surface area contributed by atoms with Crippen molar-refractivity contribution >= 4 is 53.2 Å². The number of allylic oxidation sites excluding steroid dienone is 3. The Morgan fingerprint density at radius 1 is 0.915 bits per heavy atom. The number of benzene rings is 2. The second-order valence-corrected chi connectivity index (χ2v) is 12.2. The number of ketones is 2. The molecule has 0 fully saturated rings. The summed E-state index contributed by atoms with van der Waals surface area (Å²) in [6.45, 7) is 7.45. The van der Waals surface area contributed by atoms with Gasteiger partial charge in [-0.2, -0.15) is 9.59 Å². The van der Waals surface area contributed by atoms with Crippen LogP contribution in [0.1, 0.15) is 50.7 Å². The molecule has 1 aliphatic carbocycles. The van der Waals surface area contributed by atoms with Crippen LogP contribution in [0.2, 0.25) is 0 Å². The third-order valence-electron chi connectivity index (χ3n) is 6.22. The summed E-state index contributed by atoms with van der Waals surface area (Å²) in [6, 6.07) is 16.7. The number of hydrogen-bond acceptors (Lipinski definition) is 11. The van der Waals surface area contributed by atoms with Gasteiger partial charge in [0.25, 0.3) is 0 Å².